The van der Waals surface area contributed by atoms with Crippen molar-refractivity contribution in [1.82, 2.24) is 0 Å². The lowest BCUT2D eigenvalue weighted by molar-refractivity contribution is -0.207. The van der Waals surface area contributed by atoms with Gasteiger partial charge in [-0.15, -0.1) is 0 Å². The van der Waals surface area contributed by atoms with E-state index in [1.54, 1.807) is 0 Å². The molecular weight excluding hydrogens is 388 g/mol. The van der Waals surface area contributed by atoms with Gasteiger partial charge < -0.3 is 20.4 Å². The minimum atomic E-state index is -0.292. The summed E-state index contributed by atoms with van der Waals surface area (Å²) in [6, 6.07) is 0. The highest BCUT2D eigenvalue weighted by Gasteiger charge is 2.65. The molecular formula is C27H48O4. The summed E-state index contributed by atoms with van der Waals surface area (Å²) in [5.41, 5.74) is 0.0527. The largest absolute Gasteiger partial charge is 0.396 e. The van der Waals surface area contributed by atoms with Crippen LogP contribution in [0.3, 0.4) is 0 Å². The Morgan fingerprint density at radius 1 is 0.903 bits per heavy atom. The zero-order valence-corrected chi connectivity index (χ0v) is 20.3. The molecule has 1 unspecified atom stereocenters. The van der Waals surface area contributed by atoms with E-state index in [4.69, 9.17) is 0 Å². The number of aliphatic hydroxyl groups is 4. The lowest BCUT2D eigenvalue weighted by atomic mass is 9.43. The predicted octanol–water partition coefficient (Wildman–Crippen LogP) is 4.38. The molecule has 0 aliphatic heterocycles. The summed E-state index contributed by atoms with van der Waals surface area (Å²) in [6.07, 6.45) is 9.27. The second kappa shape index (κ2) is 8.89. The van der Waals surface area contributed by atoms with Crippen LogP contribution in [-0.2, 0) is 0 Å². The number of rotatable bonds is 6. The maximum absolute atomic E-state index is 11.6. The fourth-order valence-corrected chi connectivity index (χ4v) is 9.21. The highest BCUT2D eigenvalue weighted by Crippen LogP contribution is 2.68. The average Bonchev–Trinajstić information content (AvgIpc) is 3.08. The molecule has 180 valence electrons. The minimum Gasteiger partial charge on any atom is -0.396 e. The van der Waals surface area contributed by atoms with Crippen molar-refractivity contribution in [3.8, 4) is 0 Å². The molecule has 4 heteroatoms. The number of fused-ring (bicyclic) bond motifs is 5. The zero-order valence-electron chi connectivity index (χ0n) is 20.3. The molecule has 4 N–H and O–H groups in total. The number of aliphatic hydroxyl groups excluding tert-OH is 4. The average molecular weight is 437 g/mol. The van der Waals surface area contributed by atoms with Crippen molar-refractivity contribution in [2.24, 2.45) is 52.3 Å². The molecule has 0 radical (unpaired) electrons. The van der Waals surface area contributed by atoms with E-state index < -0.39 is 0 Å². The molecule has 0 aromatic heterocycles. The third kappa shape index (κ3) is 3.92. The van der Waals surface area contributed by atoms with Gasteiger partial charge in [0.05, 0.1) is 18.3 Å². The van der Waals surface area contributed by atoms with Crippen molar-refractivity contribution in [1.29, 1.82) is 0 Å². The quantitative estimate of drug-likeness (QED) is 0.498. The SMILES string of the molecule is CC(CO)CCC[C@@H](C)[C@H]1CC[C@H]2[C@@H]3[C@H](O)C[C@H]4C[C@H](O)CC[C@]4(C)[C@H]3C[C@H](O)[C@]12C. The summed E-state index contributed by atoms with van der Waals surface area (Å²) < 4.78 is 0. The summed E-state index contributed by atoms with van der Waals surface area (Å²) in [5.74, 6) is 2.93. The minimum absolute atomic E-state index is 0.0957. The Morgan fingerprint density at radius 2 is 1.65 bits per heavy atom. The molecule has 4 saturated carbocycles. The smallest absolute Gasteiger partial charge is 0.0602 e. The molecule has 4 nitrogen and oxygen atoms in total. The molecule has 4 fully saturated rings. The van der Waals surface area contributed by atoms with Crippen LogP contribution in [0.4, 0.5) is 0 Å². The normalized spacial score (nSPS) is 51.5. The van der Waals surface area contributed by atoms with Crippen molar-refractivity contribution < 1.29 is 20.4 Å². The zero-order chi connectivity index (χ0) is 22.6. The van der Waals surface area contributed by atoms with Gasteiger partial charge in [0.15, 0.2) is 0 Å². The Labute approximate surface area is 189 Å². The van der Waals surface area contributed by atoms with E-state index in [0.29, 0.717) is 41.4 Å². The van der Waals surface area contributed by atoms with Gasteiger partial charge in [-0.3, -0.25) is 0 Å². The van der Waals surface area contributed by atoms with Gasteiger partial charge in [-0.05, 0) is 104 Å². The Morgan fingerprint density at radius 3 is 2.35 bits per heavy atom. The van der Waals surface area contributed by atoms with Crippen LogP contribution in [0.1, 0.15) is 91.9 Å². The van der Waals surface area contributed by atoms with Crippen LogP contribution < -0.4 is 0 Å². The molecule has 0 aromatic carbocycles. The summed E-state index contributed by atoms with van der Waals surface area (Å²) >= 11 is 0. The lowest BCUT2D eigenvalue weighted by Crippen LogP contribution is -2.62. The molecule has 0 aromatic rings. The molecule has 31 heavy (non-hydrogen) atoms. The first-order chi connectivity index (χ1) is 14.6. The second-order valence-corrected chi connectivity index (χ2v) is 12.7. The first-order valence-electron chi connectivity index (χ1n) is 13.3. The highest BCUT2D eigenvalue weighted by molar-refractivity contribution is 5.14. The van der Waals surface area contributed by atoms with Crippen LogP contribution >= 0.6 is 0 Å². The van der Waals surface area contributed by atoms with Crippen LogP contribution in [-0.4, -0.2) is 45.3 Å². The van der Waals surface area contributed by atoms with Crippen LogP contribution in [0.25, 0.3) is 0 Å². The topological polar surface area (TPSA) is 80.9 Å². The Bertz CT molecular complexity index is 624. The third-order valence-corrected chi connectivity index (χ3v) is 11.2. The molecule has 12 atom stereocenters. The number of hydrogen-bond donors (Lipinski definition) is 4. The fraction of sp³-hybridized carbons (Fsp3) is 1.00. The predicted molar refractivity (Wildman–Crippen MR) is 123 cm³/mol. The summed E-state index contributed by atoms with van der Waals surface area (Å²) in [5, 5.41) is 42.6. The van der Waals surface area contributed by atoms with Gasteiger partial charge in [0.25, 0.3) is 0 Å². The van der Waals surface area contributed by atoms with E-state index in [1.165, 1.54) is 12.8 Å². The Hall–Kier alpha value is -0.160. The Balaban J connectivity index is 1.52. The van der Waals surface area contributed by atoms with Crippen molar-refractivity contribution in [2.45, 2.75) is 110 Å². The molecule has 0 saturated heterocycles. The van der Waals surface area contributed by atoms with E-state index in [-0.39, 0.29) is 35.7 Å². The van der Waals surface area contributed by atoms with Gasteiger partial charge in [0, 0.05) is 6.61 Å². The maximum Gasteiger partial charge on any atom is 0.0602 e. The molecule has 4 aliphatic rings. The Kier molecular flexibility index (Phi) is 6.88. The molecule has 0 bridgehead atoms. The van der Waals surface area contributed by atoms with Crippen LogP contribution in [0.15, 0.2) is 0 Å². The summed E-state index contributed by atoms with van der Waals surface area (Å²) in [7, 11) is 0. The van der Waals surface area contributed by atoms with E-state index in [0.717, 1.165) is 51.4 Å². The van der Waals surface area contributed by atoms with E-state index >= 15 is 0 Å². The van der Waals surface area contributed by atoms with E-state index in [1.807, 2.05) is 0 Å². The summed E-state index contributed by atoms with van der Waals surface area (Å²) in [6.45, 7) is 9.51. The monoisotopic (exact) mass is 436 g/mol. The van der Waals surface area contributed by atoms with E-state index in [9.17, 15) is 20.4 Å². The van der Waals surface area contributed by atoms with Crippen molar-refractivity contribution in [3.63, 3.8) is 0 Å². The summed E-state index contributed by atoms with van der Waals surface area (Å²) in [4.78, 5) is 0. The van der Waals surface area contributed by atoms with Gasteiger partial charge in [0.1, 0.15) is 0 Å². The lowest BCUT2D eigenvalue weighted by Gasteiger charge is -2.63. The second-order valence-electron chi connectivity index (χ2n) is 12.7. The molecule has 4 rings (SSSR count). The van der Waals surface area contributed by atoms with Gasteiger partial charge in [-0.1, -0.05) is 40.5 Å². The number of hydrogen-bond acceptors (Lipinski definition) is 4. The van der Waals surface area contributed by atoms with E-state index in [2.05, 4.69) is 27.7 Å². The molecule has 0 heterocycles. The van der Waals surface area contributed by atoms with Gasteiger partial charge in [-0.2, -0.15) is 0 Å². The van der Waals surface area contributed by atoms with Crippen molar-refractivity contribution in [2.75, 3.05) is 6.61 Å². The van der Waals surface area contributed by atoms with Crippen LogP contribution in [0.2, 0.25) is 0 Å². The maximum atomic E-state index is 11.6. The van der Waals surface area contributed by atoms with Crippen LogP contribution in [0.5, 0.6) is 0 Å². The molecule has 4 aliphatic carbocycles. The van der Waals surface area contributed by atoms with Crippen molar-refractivity contribution >= 4 is 0 Å². The fourth-order valence-electron chi connectivity index (χ4n) is 9.21. The third-order valence-electron chi connectivity index (χ3n) is 11.2. The van der Waals surface area contributed by atoms with Gasteiger partial charge in [0.2, 0.25) is 0 Å². The van der Waals surface area contributed by atoms with Crippen molar-refractivity contribution in [3.05, 3.63) is 0 Å². The van der Waals surface area contributed by atoms with Crippen LogP contribution in [0, 0.1) is 52.3 Å². The molecule has 0 amide bonds. The van der Waals surface area contributed by atoms with Gasteiger partial charge in [-0.25, -0.2) is 0 Å². The molecule has 0 spiro atoms. The van der Waals surface area contributed by atoms with Gasteiger partial charge >= 0.3 is 0 Å². The first-order valence-corrected chi connectivity index (χ1v) is 13.3. The first kappa shape index (κ1) is 24.0. The highest BCUT2D eigenvalue weighted by atomic mass is 16.3. The standard InChI is InChI=1S/C27H48O4/c1-16(15-28)6-5-7-17(2)20-8-9-21-25-22(14-24(31)27(20,21)4)26(3)11-10-19(29)12-18(26)13-23(25)30/h16-25,28-31H,5-15H2,1-4H3/t16?,17-,18-,19-,20-,21+,22+,23-,24+,25+,26+,27-/m1/s1.